The zero-order chi connectivity index (χ0) is 16.0. The van der Waals surface area contributed by atoms with E-state index in [0.717, 1.165) is 12.8 Å². The Morgan fingerprint density at radius 3 is 2.23 bits per heavy atom. The number of nitrogens with two attached hydrogens (primary N) is 1. The van der Waals surface area contributed by atoms with E-state index in [1.807, 2.05) is 13.8 Å². The van der Waals surface area contributed by atoms with E-state index in [-0.39, 0.29) is 36.7 Å². The minimum atomic E-state index is -0.557. The van der Waals surface area contributed by atoms with Gasteiger partial charge in [-0.2, -0.15) is 0 Å². The first kappa shape index (κ1) is 21.2. The average molecular weight is 334 g/mol. The molecule has 1 atom stereocenters. The second-order valence-electron chi connectivity index (χ2n) is 7.40. The summed E-state index contributed by atoms with van der Waals surface area (Å²) in [7, 11) is 0. The molecule has 1 aliphatic rings. The lowest BCUT2D eigenvalue weighted by Gasteiger charge is -2.34. The Labute approximate surface area is 140 Å². The zero-order valence-corrected chi connectivity index (χ0v) is 15.1. The Bertz CT molecular complexity index is 362. The van der Waals surface area contributed by atoms with Gasteiger partial charge in [-0.1, -0.05) is 27.7 Å². The van der Waals surface area contributed by atoms with Crippen molar-refractivity contribution in [2.75, 3.05) is 13.1 Å². The number of carbonyl (C=O) groups excluding carboxylic acids is 2. The number of hydrogen-bond acceptors (Lipinski definition) is 3. The average Bonchev–Trinajstić information content (AvgIpc) is 2.42. The predicted octanol–water partition coefficient (Wildman–Crippen LogP) is 1.84. The van der Waals surface area contributed by atoms with Crippen molar-refractivity contribution in [1.82, 2.24) is 10.6 Å². The van der Waals surface area contributed by atoms with Crippen LogP contribution >= 0.6 is 12.4 Å². The maximum atomic E-state index is 11.7. The Kier molecular flexibility index (Phi) is 9.01. The van der Waals surface area contributed by atoms with Gasteiger partial charge in [0.25, 0.3) is 0 Å². The van der Waals surface area contributed by atoms with Gasteiger partial charge in [0.05, 0.1) is 12.6 Å². The van der Waals surface area contributed by atoms with E-state index >= 15 is 0 Å². The summed E-state index contributed by atoms with van der Waals surface area (Å²) in [5, 5.41) is 5.50. The molecule has 1 aliphatic carbocycles. The molecule has 0 saturated heterocycles. The molecule has 1 rings (SSSR count). The smallest absolute Gasteiger partial charge is 0.239 e. The lowest BCUT2D eigenvalue weighted by Crippen LogP contribution is -2.47. The summed E-state index contributed by atoms with van der Waals surface area (Å²) < 4.78 is 0. The van der Waals surface area contributed by atoms with E-state index in [1.165, 1.54) is 12.8 Å². The number of hydrogen-bond donors (Lipinski definition) is 3. The second kappa shape index (κ2) is 9.36. The third-order valence-electron chi connectivity index (χ3n) is 4.49. The Balaban J connectivity index is 0.00000441. The van der Waals surface area contributed by atoms with Crippen molar-refractivity contribution in [3.8, 4) is 0 Å². The lowest BCUT2D eigenvalue weighted by molar-refractivity contribution is -0.127. The van der Waals surface area contributed by atoms with Crippen LogP contribution in [0, 0.1) is 17.3 Å². The highest BCUT2D eigenvalue weighted by atomic mass is 35.5. The zero-order valence-electron chi connectivity index (χ0n) is 14.3. The molecule has 1 fully saturated rings. The Morgan fingerprint density at radius 2 is 1.73 bits per heavy atom. The molecule has 4 N–H and O–H groups in total. The SMILES string of the molecule is CC(C)[C@H](N)C(=O)NCC(=O)NCC1CCC(C)(C)CC1.Cl. The molecule has 0 spiro atoms. The summed E-state index contributed by atoms with van der Waals surface area (Å²) in [5.41, 5.74) is 6.16. The largest absolute Gasteiger partial charge is 0.354 e. The summed E-state index contributed by atoms with van der Waals surface area (Å²) in [4.78, 5) is 23.4. The Morgan fingerprint density at radius 1 is 1.18 bits per heavy atom. The molecular weight excluding hydrogens is 302 g/mol. The fourth-order valence-electron chi connectivity index (χ4n) is 2.57. The van der Waals surface area contributed by atoms with Crippen LogP contribution in [0.4, 0.5) is 0 Å². The normalized spacial score (nSPS) is 19.2. The van der Waals surface area contributed by atoms with Gasteiger partial charge in [0.2, 0.25) is 11.8 Å². The van der Waals surface area contributed by atoms with Gasteiger partial charge in [-0.05, 0) is 42.9 Å². The molecule has 5 nitrogen and oxygen atoms in total. The van der Waals surface area contributed by atoms with Crippen LogP contribution in [0.5, 0.6) is 0 Å². The minimum Gasteiger partial charge on any atom is -0.354 e. The topological polar surface area (TPSA) is 84.2 Å². The molecule has 0 aromatic heterocycles. The number of nitrogens with one attached hydrogen (secondary N) is 2. The van der Waals surface area contributed by atoms with Crippen LogP contribution in [0.1, 0.15) is 53.4 Å². The molecule has 0 radical (unpaired) electrons. The van der Waals surface area contributed by atoms with Crippen molar-refractivity contribution in [3.05, 3.63) is 0 Å². The first-order valence-corrected chi connectivity index (χ1v) is 8.01. The summed E-state index contributed by atoms with van der Waals surface area (Å²) in [5.74, 6) is 0.234. The molecule has 22 heavy (non-hydrogen) atoms. The summed E-state index contributed by atoms with van der Waals surface area (Å²) in [6.07, 6.45) is 4.76. The van der Waals surface area contributed by atoms with Crippen LogP contribution in [-0.4, -0.2) is 30.9 Å². The number of rotatable bonds is 6. The fraction of sp³-hybridized carbons (Fsp3) is 0.875. The van der Waals surface area contributed by atoms with Gasteiger partial charge in [-0.25, -0.2) is 0 Å². The van der Waals surface area contributed by atoms with E-state index in [0.29, 0.717) is 17.9 Å². The standard InChI is InChI=1S/C16H31N3O2.ClH/c1-11(2)14(17)15(21)19-10-13(20)18-9-12-5-7-16(3,4)8-6-12;/h11-12,14H,5-10,17H2,1-4H3,(H,18,20)(H,19,21);1H/t14-;/m0./s1. The maximum Gasteiger partial charge on any atom is 0.239 e. The van der Waals surface area contributed by atoms with Crippen LogP contribution in [0.25, 0.3) is 0 Å². The van der Waals surface area contributed by atoms with E-state index < -0.39 is 6.04 Å². The van der Waals surface area contributed by atoms with Gasteiger partial charge in [0.1, 0.15) is 0 Å². The molecule has 1 saturated carbocycles. The van der Waals surface area contributed by atoms with Crippen LogP contribution in [0.15, 0.2) is 0 Å². The summed E-state index contributed by atoms with van der Waals surface area (Å²) in [6, 6.07) is -0.557. The van der Waals surface area contributed by atoms with Crippen LogP contribution < -0.4 is 16.4 Å². The fourth-order valence-corrected chi connectivity index (χ4v) is 2.57. The van der Waals surface area contributed by atoms with Crippen molar-refractivity contribution >= 4 is 24.2 Å². The van der Waals surface area contributed by atoms with Gasteiger partial charge in [0.15, 0.2) is 0 Å². The molecule has 0 bridgehead atoms. The van der Waals surface area contributed by atoms with Crippen molar-refractivity contribution in [2.45, 2.75) is 59.4 Å². The summed E-state index contributed by atoms with van der Waals surface area (Å²) >= 11 is 0. The van der Waals surface area contributed by atoms with Gasteiger partial charge >= 0.3 is 0 Å². The van der Waals surface area contributed by atoms with Crippen molar-refractivity contribution < 1.29 is 9.59 Å². The monoisotopic (exact) mass is 333 g/mol. The van der Waals surface area contributed by atoms with E-state index in [9.17, 15) is 9.59 Å². The molecule has 6 heteroatoms. The molecule has 0 unspecified atom stereocenters. The first-order valence-electron chi connectivity index (χ1n) is 8.01. The highest BCUT2D eigenvalue weighted by molar-refractivity contribution is 5.87. The van der Waals surface area contributed by atoms with Crippen LogP contribution in [-0.2, 0) is 9.59 Å². The minimum absolute atomic E-state index is 0. The predicted molar refractivity (Wildman–Crippen MR) is 91.8 cm³/mol. The third-order valence-corrected chi connectivity index (χ3v) is 4.49. The molecule has 0 aromatic carbocycles. The lowest BCUT2D eigenvalue weighted by atomic mass is 9.73. The number of carbonyl (C=O) groups is 2. The first-order chi connectivity index (χ1) is 9.71. The van der Waals surface area contributed by atoms with Crippen LogP contribution in [0.3, 0.4) is 0 Å². The van der Waals surface area contributed by atoms with E-state index in [4.69, 9.17) is 5.73 Å². The van der Waals surface area contributed by atoms with Crippen molar-refractivity contribution in [2.24, 2.45) is 23.0 Å². The quantitative estimate of drug-likeness (QED) is 0.693. The van der Waals surface area contributed by atoms with Crippen molar-refractivity contribution in [1.29, 1.82) is 0 Å². The number of halogens is 1. The van der Waals surface area contributed by atoms with E-state index in [2.05, 4.69) is 24.5 Å². The number of amides is 2. The van der Waals surface area contributed by atoms with Crippen molar-refractivity contribution in [3.63, 3.8) is 0 Å². The molecule has 0 heterocycles. The van der Waals surface area contributed by atoms with E-state index in [1.54, 1.807) is 0 Å². The molecule has 2 amide bonds. The molecule has 0 aromatic rings. The highest BCUT2D eigenvalue weighted by Gasteiger charge is 2.26. The maximum absolute atomic E-state index is 11.7. The molecular formula is C16H32ClN3O2. The molecule has 130 valence electrons. The van der Waals surface area contributed by atoms with Gasteiger partial charge in [-0.15, -0.1) is 12.4 Å². The highest BCUT2D eigenvalue weighted by Crippen LogP contribution is 2.37. The van der Waals surface area contributed by atoms with Gasteiger partial charge in [0, 0.05) is 6.54 Å². The van der Waals surface area contributed by atoms with Gasteiger partial charge < -0.3 is 16.4 Å². The summed E-state index contributed by atoms with van der Waals surface area (Å²) in [6.45, 7) is 9.09. The Hall–Kier alpha value is -0.810. The third kappa shape index (κ3) is 7.45. The van der Waals surface area contributed by atoms with Gasteiger partial charge in [-0.3, -0.25) is 9.59 Å². The van der Waals surface area contributed by atoms with Crippen LogP contribution in [0.2, 0.25) is 0 Å². The second-order valence-corrected chi connectivity index (χ2v) is 7.40. The molecule has 0 aliphatic heterocycles.